The first-order chi connectivity index (χ1) is 26.7. The van der Waals surface area contributed by atoms with E-state index in [-0.39, 0.29) is 35.2 Å². The summed E-state index contributed by atoms with van der Waals surface area (Å²) in [6.45, 7) is 13.6. The lowest BCUT2D eigenvalue weighted by atomic mass is 9.81. The van der Waals surface area contributed by atoms with Gasteiger partial charge >= 0.3 is 11.9 Å². The van der Waals surface area contributed by atoms with Gasteiger partial charge in [-0.15, -0.1) is 0 Å². The van der Waals surface area contributed by atoms with Crippen LogP contribution in [0.3, 0.4) is 0 Å². The maximum Gasteiger partial charge on any atom is 0.306 e. The second-order valence-corrected chi connectivity index (χ2v) is 19.0. The molecule has 0 N–H and O–H groups in total. The average Bonchev–Trinajstić information content (AvgIpc) is 3.16. The molecule has 0 aromatic heterocycles. The van der Waals surface area contributed by atoms with Gasteiger partial charge in [0, 0.05) is 24.0 Å². The number of esters is 2. The van der Waals surface area contributed by atoms with Crippen molar-refractivity contribution >= 4 is 28.8 Å². The van der Waals surface area contributed by atoms with Crippen LogP contribution in [0, 0.1) is 17.8 Å². The number of carbonyl (C=O) groups is 3. The molecule has 1 fully saturated rings. The number of unbranched alkanes of at least 4 members (excludes halogenated alkanes) is 16. The molecule has 1 rings (SSSR count). The van der Waals surface area contributed by atoms with Crippen LogP contribution in [0.2, 0.25) is 0 Å². The van der Waals surface area contributed by atoms with E-state index in [1.807, 2.05) is 0 Å². The molecule has 0 spiro atoms. The Hall–Kier alpha value is -1.04. The van der Waals surface area contributed by atoms with E-state index in [1.54, 1.807) is 11.8 Å². The summed E-state index contributed by atoms with van der Waals surface area (Å²) in [6, 6.07) is 0. The van der Waals surface area contributed by atoms with Gasteiger partial charge in [0.25, 0.3) is 0 Å². The fraction of sp³-hybridized carbons (Fsp3) is 0.939. The lowest BCUT2D eigenvalue weighted by Gasteiger charge is -2.30. The Morgan fingerprint density at radius 2 is 0.818 bits per heavy atom. The molecule has 0 saturated heterocycles. The van der Waals surface area contributed by atoms with Gasteiger partial charge in [0.05, 0.1) is 0 Å². The van der Waals surface area contributed by atoms with Gasteiger partial charge in [-0.1, -0.05) is 156 Å². The first kappa shape index (κ1) is 52.0. The minimum Gasteiger partial charge on any atom is -0.462 e. The SMILES string of the molecule is CCCCCCCC(CCCCCCC)OC(=O)CCCC(CCCC(=O)OC(CCCCCCC)CCCCCCC)C(=O)SC1CCC(C(C)C)CC1. The van der Waals surface area contributed by atoms with Crippen molar-refractivity contribution in [2.24, 2.45) is 17.8 Å². The lowest BCUT2D eigenvalue weighted by Crippen LogP contribution is -2.23. The zero-order chi connectivity index (χ0) is 40.4. The van der Waals surface area contributed by atoms with E-state index in [0.29, 0.717) is 49.7 Å². The van der Waals surface area contributed by atoms with Gasteiger partial charge in [-0.2, -0.15) is 0 Å². The number of carbonyl (C=O) groups excluding carboxylic acids is 3. The van der Waals surface area contributed by atoms with Crippen LogP contribution in [0.1, 0.15) is 260 Å². The van der Waals surface area contributed by atoms with Crippen molar-refractivity contribution in [2.45, 2.75) is 277 Å². The molecule has 0 atom stereocenters. The van der Waals surface area contributed by atoms with Crippen molar-refractivity contribution in [3.63, 3.8) is 0 Å². The summed E-state index contributed by atoms with van der Waals surface area (Å²) in [5, 5.41) is 0.662. The molecule has 1 aliphatic rings. The van der Waals surface area contributed by atoms with Crippen LogP contribution >= 0.6 is 11.8 Å². The third kappa shape index (κ3) is 28.9. The van der Waals surface area contributed by atoms with Gasteiger partial charge < -0.3 is 9.47 Å². The molecule has 0 aromatic carbocycles. The largest absolute Gasteiger partial charge is 0.462 e. The van der Waals surface area contributed by atoms with E-state index < -0.39 is 0 Å². The van der Waals surface area contributed by atoms with E-state index in [1.165, 1.54) is 116 Å². The summed E-state index contributed by atoms with van der Waals surface area (Å²) in [6.07, 6.45) is 36.5. The van der Waals surface area contributed by atoms with Crippen LogP contribution < -0.4 is 0 Å². The van der Waals surface area contributed by atoms with Crippen molar-refractivity contribution in [1.29, 1.82) is 0 Å². The van der Waals surface area contributed by atoms with E-state index >= 15 is 0 Å². The van der Waals surface area contributed by atoms with Crippen LogP contribution in [0.5, 0.6) is 0 Å². The summed E-state index contributed by atoms with van der Waals surface area (Å²) in [4.78, 5) is 40.2. The first-order valence-electron chi connectivity index (χ1n) is 24.3. The van der Waals surface area contributed by atoms with E-state index in [2.05, 4.69) is 41.5 Å². The highest BCUT2D eigenvalue weighted by atomic mass is 32.2. The molecule has 0 unspecified atom stereocenters. The number of hydrogen-bond acceptors (Lipinski definition) is 6. The van der Waals surface area contributed by atoms with Gasteiger partial charge in [0.2, 0.25) is 0 Å². The smallest absolute Gasteiger partial charge is 0.306 e. The molecule has 55 heavy (non-hydrogen) atoms. The van der Waals surface area contributed by atoms with Gasteiger partial charge in [-0.3, -0.25) is 14.4 Å². The van der Waals surface area contributed by atoms with Crippen molar-refractivity contribution < 1.29 is 23.9 Å². The van der Waals surface area contributed by atoms with E-state index in [9.17, 15) is 14.4 Å². The summed E-state index contributed by atoms with van der Waals surface area (Å²) < 4.78 is 12.2. The molecular formula is C49H92O5S. The minimum absolute atomic E-state index is 0.0206. The molecule has 0 bridgehead atoms. The first-order valence-corrected chi connectivity index (χ1v) is 25.2. The van der Waals surface area contributed by atoms with E-state index in [4.69, 9.17) is 9.47 Å². The van der Waals surface area contributed by atoms with Gasteiger partial charge in [-0.05, 0) is 115 Å². The van der Waals surface area contributed by atoms with Crippen molar-refractivity contribution in [3.8, 4) is 0 Å². The quantitative estimate of drug-likeness (QED) is 0.0461. The molecule has 0 heterocycles. The maximum atomic E-state index is 13.8. The van der Waals surface area contributed by atoms with Crippen LogP contribution in [-0.2, 0) is 23.9 Å². The van der Waals surface area contributed by atoms with Gasteiger partial charge in [0.15, 0.2) is 5.12 Å². The lowest BCUT2D eigenvalue weighted by molar-refractivity contribution is -0.150. The van der Waals surface area contributed by atoms with Crippen molar-refractivity contribution in [3.05, 3.63) is 0 Å². The zero-order valence-electron chi connectivity index (χ0n) is 37.5. The fourth-order valence-corrected chi connectivity index (χ4v) is 9.68. The predicted octanol–water partition coefficient (Wildman–Crippen LogP) is 15.7. The highest BCUT2D eigenvalue weighted by Crippen LogP contribution is 2.37. The Labute approximate surface area is 346 Å². The second-order valence-electron chi connectivity index (χ2n) is 17.7. The van der Waals surface area contributed by atoms with Crippen molar-refractivity contribution in [1.82, 2.24) is 0 Å². The Balaban J connectivity index is 2.76. The number of ether oxygens (including phenoxy) is 2. The van der Waals surface area contributed by atoms with Crippen LogP contribution in [0.25, 0.3) is 0 Å². The molecule has 0 aliphatic heterocycles. The topological polar surface area (TPSA) is 69.7 Å². The summed E-state index contributed by atoms with van der Waals surface area (Å²) >= 11 is 1.57. The predicted molar refractivity (Wildman–Crippen MR) is 238 cm³/mol. The third-order valence-electron chi connectivity index (χ3n) is 12.3. The normalized spacial score (nSPS) is 16.1. The summed E-state index contributed by atoms with van der Waals surface area (Å²) in [5.41, 5.74) is 0. The molecule has 0 radical (unpaired) electrons. The Bertz CT molecular complexity index is 833. The molecule has 6 heteroatoms. The molecule has 5 nitrogen and oxygen atoms in total. The van der Waals surface area contributed by atoms with Crippen molar-refractivity contribution in [2.75, 3.05) is 0 Å². The second kappa shape index (κ2) is 36.1. The minimum atomic E-state index is -0.130. The Morgan fingerprint density at radius 3 is 1.15 bits per heavy atom. The monoisotopic (exact) mass is 793 g/mol. The maximum absolute atomic E-state index is 13.8. The zero-order valence-corrected chi connectivity index (χ0v) is 38.3. The molecule has 0 amide bonds. The average molecular weight is 793 g/mol. The molecule has 0 aromatic rings. The fourth-order valence-electron chi connectivity index (χ4n) is 8.42. The number of hydrogen-bond donors (Lipinski definition) is 0. The summed E-state index contributed by atoms with van der Waals surface area (Å²) in [5.74, 6) is 1.15. The third-order valence-corrected chi connectivity index (χ3v) is 13.6. The highest BCUT2D eigenvalue weighted by Gasteiger charge is 2.28. The number of rotatable bonds is 37. The van der Waals surface area contributed by atoms with Gasteiger partial charge in [0.1, 0.15) is 12.2 Å². The molecule has 1 aliphatic carbocycles. The summed E-state index contributed by atoms with van der Waals surface area (Å²) in [7, 11) is 0. The standard InChI is InChI=1S/C49H92O5S/c1-7-11-15-19-23-31-44(32-24-20-16-12-8-2)53-47(50)35-27-29-43(49(52)55-46-39-37-42(38-40-46)41(5)6)30-28-36-48(51)54-45(33-25-21-17-13-9-3)34-26-22-18-14-10-4/h41-46H,7-40H2,1-6H3. The number of thioether (sulfide) groups is 1. The Morgan fingerprint density at radius 1 is 0.473 bits per heavy atom. The Kier molecular flexibility index (Phi) is 34.1. The van der Waals surface area contributed by atoms with E-state index in [0.717, 1.165) is 70.1 Å². The molecule has 324 valence electrons. The highest BCUT2D eigenvalue weighted by molar-refractivity contribution is 8.14. The van der Waals surface area contributed by atoms with Crippen LogP contribution in [-0.4, -0.2) is 34.5 Å². The van der Waals surface area contributed by atoms with Gasteiger partial charge in [-0.25, -0.2) is 0 Å². The molecular weight excluding hydrogens is 701 g/mol. The van der Waals surface area contributed by atoms with Crippen LogP contribution in [0.15, 0.2) is 0 Å². The molecule has 1 saturated carbocycles. The van der Waals surface area contributed by atoms with Crippen LogP contribution in [0.4, 0.5) is 0 Å².